The third-order valence-corrected chi connectivity index (χ3v) is 6.37. The van der Waals surface area contributed by atoms with E-state index in [1.165, 1.54) is 11.1 Å². The van der Waals surface area contributed by atoms with Crippen LogP contribution in [0.25, 0.3) is 11.1 Å². The van der Waals surface area contributed by atoms with Gasteiger partial charge in [0.25, 0.3) is 5.91 Å². The Balaban J connectivity index is 1.66. The van der Waals surface area contributed by atoms with Gasteiger partial charge in [-0.05, 0) is 71.0 Å². The molecule has 0 fully saturated rings. The fourth-order valence-corrected chi connectivity index (χ4v) is 4.57. The van der Waals surface area contributed by atoms with Crippen molar-refractivity contribution in [2.24, 2.45) is 0 Å². The zero-order chi connectivity index (χ0) is 22.0. The lowest BCUT2D eigenvalue weighted by atomic mass is 9.90. The molecule has 0 heterocycles. The van der Waals surface area contributed by atoms with Gasteiger partial charge in [-0.25, -0.2) is 0 Å². The zero-order valence-corrected chi connectivity index (χ0v) is 18.3. The largest absolute Gasteiger partial charge is 0.394 e. The third kappa shape index (κ3) is 4.63. The van der Waals surface area contributed by atoms with Gasteiger partial charge < -0.3 is 15.5 Å². The molecule has 0 aromatic heterocycles. The number of hydrogen-bond acceptors (Lipinski definition) is 3. The molecule has 1 amide bonds. The maximum atomic E-state index is 12.5. The van der Waals surface area contributed by atoms with Crippen molar-refractivity contribution < 1.29 is 15.0 Å². The van der Waals surface area contributed by atoms with E-state index >= 15 is 0 Å². The van der Waals surface area contributed by atoms with Gasteiger partial charge in [0.2, 0.25) is 0 Å². The van der Waals surface area contributed by atoms with Gasteiger partial charge in [0.1, 0.15) is 0 Å². The Hall–Kier alpha value is -2.37. The molecule has 31 heavy (non-hydrogen) atoms. The number of carbonyl (C=O) groups excluding carboxylic acids is 1. The summed E-state index contributed by atoms with van der Waals surface area (Å²) in [5.41, 5.74) is 5.98. The normalized spacial score (nSPS) is 15.2. The van der Waals surface area contributed by atoms with Crippen LogP contribution in [0.15, 0.2) is 60.7 Å². The van der Waals surface area contributed by atoms with Gasteiger partial charge >= 0.3 is 0 Å². The van der Waals surface area contributed by atoms with Gasteiger partial charge in [-0.1, -0.05) is 53.5 Å². The number of halogens is 2. The number of aryl methyl sites for hydroxylation is 1. The van der Waals surface area contributed by atoms with Crippen LogP contribution in [0.5, 0.6) is 0 Å². The lowest BCUT2D eigenvalue weighted by Gasteiger charge is -2.16. The highest BCUT2D eigenvalue weighted by Crippen LogP contribution is 2.43. The first-order valence-electron chi connectivity index (χ1n) is 10.2. The van der Waals surface area contributed by atoms with E-state index in [0.717, 1.165) is 29.5 Å². The summed E-state index contributed by atoms with van der Waals surface area (Å²) in [6.45, 7) is -0.638. The van der Waals surface area contributed by atoms with Crippen LogP contribution in [-0.4, -0.2) is 35.4 Å². The summed E-state index contributed by atoms with van der Waals surface area (Å²) in [7, 11) is 0. The van der Waals surface area contributed by atoms with Crippen LogP contribution in [0.3, 0.4) is 0 Å². The lowest BCUT2D eigenvalue weighted by Crippen LogP contribution is -2.40. The smallest absolute Gasteiger partial charge is 0.251 e. The van der Waals surface area contributed by atoms with Crippen LogP contribution in [-0.2, 0) is 6.42 Å². The van der Waals surface area contributed by atoms with Crippen molar-refractivity contribution in [2.45, 2.75) is 24.8 Å². The van der Waals surface area contributed by atoms with Crippen LogP contribution in [0.2, 0.25) is 10.0 Å². The summed E-state index contributed by atoms with van der Waals surface area (Å²) in [5, 5.41) is 22.4. The number of nitrogens with one attached hydrogen (secondary N) is 1. The number of carbonyl (C=O) groups is 1. The summed E-state index contributed by atoms with van der Waals surface area (Å²) in [6, 6.07) is 18.6. The number of fused-ring (bicyclic) bond motifs is 1. The molecule has 3 aromatic rings. The number of rotatable bonds is 6. The molecule has 1 aliphatic carbocycles. The average Bonchev–Trinajstić information content (AvgIpc) is 3.22. The second kappa shape index (κ2) is 9.41. The molecule has 1 atom stereocenters. The molecule has 1 aliphatic rings. The molecule has 4 nitrogen and oxygen atoms in total. The highest BCUT2D eigenvalue weighted by molar-refractivity contribution is 6.33. The third-order valence-electron chi connectivity index (χ3n) is 5.79. The van der Waals surface area contributed by atoms with Gasteiger partial charge in [0.15, 0.2) is 0 Å². The van der Waals surface area contributed by atoms with E-state index in [0.29, 0.717) is 15.6 Å². The Morgan fingerprint density at radius 1 is 0.968 bits per heavy atom. The van der Waals surface area contributed by atoms with E-state index in [1.54, 1.807) is 12.1 Å². The second-order valence-corrected chi connectivity index (χ2v) is 8.63. The van der Waals surface area contributed by atoms with Crippen molar-refractivity contribution in [3.05, 3.63) is 93.0 Å². The van der Waals surface area contributed by atoms with E-state index < -0.39 is 6.04 Å². The van der Waals surface area contributed by atoms with Gasteiger partial charge in [-0.2, -0.15) is 0 Å². The van der Waals surface area contributed by atoms with E-state index in [9.17, 15) is 15.0 Å². The first-order valence-corrected chi connectivity index (χ1v) is 11.0. The molecule has 0 aliphatic heterocycles. The van der Waals surface area contributed by atoms with Crippen LogP contribution >= 0.6 is 23.2 Å². The molecule has 4 rings (SSSR count). The Labute approximate surface area is 191 Å². The fraction of sp³-hybridized carbons (Fsp3) is 0.240. The quantitative estimate of drug-likeness (QED) is 0.498. The molecular weight excluding hydrogens is 433 g/mol. The van der Waals surface area contributed by atoms with E-state index in [1.807, 2.05) is 30.3 Å². The Morgan fingerprint density at radius 3 is 2.52 bits per heavy atom. The van der Waals surface area contributed by atoms with Crippen molar-refractivity contribution in [3.63, 3.8) is 0 Å². The first kappa shape index (κ1) is 21.8. The zero-order valence-electron chi connectivity index (χ0n) is 16.8. The lowest BCUT2D eigenvalue weighted by molar-refractivity contribution is 0.0879. The van der Waals surface area contributed by atoms with E-state index in [2.05, 4.69) is 23.5 Å². The summed E-state index contributed by atoms with van der Waals surface area (Å²) in [6.07, 6.45) is 1.96. The molecular formula is C25H23Cl2NO3. The van der Waals surface area contributed by atoms with Gasteiger partial charge in [-0.3, -0.25) is 4.79 Å². The number of hydrogen-bond donors (Lipinski definition) is 3. The second-order valence-electron chi connectivity index (χ2n) is 7.79. The molecule has 1 unspecified atom stereocenters. The summed E-state index contributed by atoms with van der Waals surface area (Å²) in [5.74, 6) is -0.151. The highest BCUT2D eigenvalue weighted by Gasteiger charge is 2.26. The van der Waals surface area contributed by atoms with Crippen molar-refractivity contribution in [1.82, 2.24) is 5.32 Å². The molecule has 0 spiro atoms. The van der Waals surface area contributed by atoms with Gasteiger partial charge in [0.05, 0.1) is 19.3 Å². The standard InChI is InChI=1S/C25H23Cl2NO3/c26-19-7-9-24(27)23(12-19)21-8-6-15-4-5-17(11-22(15)21)16-2-1-3-18(10-16)25(31)28-20(13-29)14-30/h1-5,7,9-12,20-21,29-30H,6,8,13-14H2,(H,28,31). The van der Waals surface area contributed by atoms with Crippen LogP contribution in [0.1, 0.15) is 39.4 Å². The van der Waals surface area contributed by atoms with Crippen molar-refractivity contribution in [1.29, 1.82) is 0 Å². The summed E-state index contributed by atoms with van der Waals surface area (Å²) in [4.78, 5) is 12.5. The van der Waals surface area contributed by atoms with Crippen LogP contribution < -0.4 is 5.32 Å². The fourth-order valence-electron chi connectivity index (χ4n) is 4.14. The Kier molecular flexibility index (Phi) is 6.63. The van der Waals surface area contributed by atoms with Gasteiger partial charge in [0, 0.05) is 21.5 Å². The van der Waals surface area contributed by atoms with Gasteiger partial charge in [-0.15, -0.1) is 0 Å². The monoisotopic (exact) mass is 455 g/mol. The number of benzene rings is 3. The maximum absolute atomic E-state index is 12.5. The average molecular weight is 456 g/mol. The molecule has 3 N–H and O–H groups in total. The minimum Gasteiger partial charge on any atom is -0.394 e. The predicted octanol–water partition coefficient (Wildman–Crippen LogP) is 4.82. The first-order chi connectivity index (χ1) is 15.0. The molecule has 0 bridgehead atoms. The molecule has 3 aromatic carbocycles. The summed E-state index contributed by atoms with van der Waals surface area (Å²) >= 11 is 12.7. The van der Waals surface area contributed by atoms with Crippen LogP contribution in [0.4, 0.5) is 0 Å². The van der Waals surface area contributed by atoms with Crippen molar-refractivity contribution in [2.75, 3.05) is 13.2 Å². The maximum Gasteiger partial charge on any atom is 0.251 e. The Morgan fingerprint density at radius 2 is 1.74 bits per heavy atom. The number of aliphatic hydroxyl groups excluding tert-OH is 2. The predicted molar refractivity (Wildman–Crippen MR) is 124 cm³/mol. The van der Waals surface area contributed by atoms with Crippen LogP contribution in [0, 0.1) is 0 Å². The molecule has 160 valence electrons. The number of aliphatic hydroxyl groups is 2. The highest BCUT2D eigenvalue weighted by atomic mass is 35.5. The SMILES string of the molecule is O=C(NC(CO)CO)c1cccc(-c2ccc3c(c2)C(c2cc(Cl)ccc2Cl)CC3)c1. The summed E-state index contributed by atoms with van der Waals surface area (Å²) < 4.78 is 0. The minimum atomic E-state index is -0.681. The Bertz CT molecular complexity index is 1110. The minimum absolute atomic E-state index is 0.183. The van der Waals surface area contributed by atoms with Crippen molar-refractivity contribution in [3.8, 4) is 11.1 Å². The topological polar surface area (TPSA) is 69.6 Å². The van der Waals surface area contributed by atoms with E-state index in [-0.39, 0.29) is 25.0 Å². The molecule has 6 heteroatoms. The molecule has 0 saturated heterocycles. The van der Waals surface area contributed by atoms with Crippen molar-refractivity contribution >= 4 is 29.1 Å². The molecule has 0 radical (unpaired) electrons. The molecule has 0 saturated carbocycles. The number of amides is 1. The van der Waals surface area contributed by atoms with E-state index in [4.69, 9.17) is 23.2 Å².